The van der Waals surface area contributed by atoms with Crippen molar-refractivity contribution < 1.29 is 40.9 Å². The van der Waals surface area contributed by atoms with Gasteiger partial charge in [0, 0.05) is 17.9 Å². The summed E-state index contributed by atoms with van der Waals surface area (Å²) in [4.78, 5) is 0. The SMILES string of the molecule is COc1cc2cc3[n+](cc2cc1OC)CCc1cc2c(cc1-3)OCO2.N.N.N#C[S-].N#C[S-].N#C[S-].N#C[S-].[Cr+3]. The first-order valence-electron chi connectivity index (χ1n) is 10.00. The van der Waals surface area contributed by atoms with E-state index in [1.54, 1.807) is 14.2 Å². The van der Waals surface area contributed by atoms with Crippen LogP contribution in [0.15, 0.2) is 36.5 Å². The fraction of sp³-hybridized carbons (Fsp3) is 0.208. The van der Waals surface area contributed by atoms with Crippen LogP contribution >= 0.6 is 0 Å². The van der Waals surface area contributed by atoms with Crippen LogP contribution in [0.1, 0.15) is 5.56 Å². The Morgan fingerprint density at radius 3 is 1.68 bits per heavy atom. The molecule has 0 fully saturated rings. The Hall–Kier alpha value is -3.66. The van der Waals surface area contributed by atoms with Crippen LogP contribution in [0.4, 0.5) is 0 Å². The zero-order valence-corrected chi connectivity index (χ0v) is 26.0. The van der Waals surface area contributed by atoms with Crippen LogP contribution in [0.3, 0.4) is 0 Å². The van der Waals surface area contributed by atoms with Crippen LogP contribution in [-0.2, 0) is 80.8 Å². The van der Waals surface area contributed by atoms with E-state index >= 15 is 0 Å². The van der Waals surface area contributed by atoms with Crippen LogP contribution in [0.2, 0.25) is 0 Å². The molecular formula is C24H24CrN7O4S4. The van der Waals surface area contributed by atoms with Gasteiger partial charge in [-0.3, -0.25) is 0 Å². The fourth-order valence-corrected chi connectivity index (χ4v) is 3.70. The van der Waals surface area contributed by atoms with Gasteiger partial charge < -0.3 is 81.8 Å². The first-order chi connectivity index (χ1) is 17.9. The Bertz CT molecular complexity index is 1360. The number of hydrogen-bond acceptors (Lipinski definition) is 14. The molecule has 0 atom stereocenters. The minimum atomic E-state index is 0. The maximum absolute atomic E-state index is 7.13. The summed E-state index contributed by atoms with van der Waals surface area (Å²) >= 11 is 14.8. The molecule has 3 heterocycles. The minimum Gasteiger partial charge on any atom is -0.696 e. The summed E-state index contributed by atoms with van der Waals surface area (Å²) in [5.41, 5.74) is 3.68. The number of methoxy groups -OCH3 is 2. The number of aryl methyl sites for hydroxylation is 2. The average Bonchev–Trinajstić information content (AvgIpc) is 3.35. The van der Waals surface area contributed by atoms with Crippen molar-refractivity contribution in [3.63, 3.8) is 0 Å². The van der Waals surface area contributed by atoms with E-state index in [1.807, 2.05) is 12.1 Å². The molecule has 1 aromatic heterocycles. The van der Waals surface area contributed by atoms with Gasteiger partial charge in [0.1, 0.15) is 0 Å². The van der Waals surface area contributed by atoms with Crippen LogP contribution in [0, 0.1) is 42.7 Å². The van der Waals surface area contributed by atoms with Crippen molar-refractivity contribution >= 4 is 61.3 Å². The molecule has 209 valence electrons. The Kier molecular flexibility index (Phi) is 22.7. The molecule has 0 spiro atoms. The number of hydrogen-bond donors (Lipinski definition) is 2. The van der Waals surface area contributed by atoms with Gasteiger partial charge in [-0.2, -0.15) is 4.57 Å². The third-order valence-corrected chi connectivity index (χ3v) is 4.98. The van der Waals surface area contributed by atoms with Gasteiger partial charge in [-0.1, -0.05) is 21.6 Å². The predicted molar refractivity (Wildman–Crippen MR) is 154 cm³/mol. The molecule has 2 aliphatic rings. The monoisotopic (exact) mass is 654 g/mol. The van der Waals surface area contributed by atoms with Gasteiger partial charge in [0.15, 0.2) is 35.7 Å². The summed E-state index contributed by atoms with van der Waals surface area (Å²) in [7, 11) is 3.32. The molecule has 11 nitrogen and oxygen atoms in total. The van der Waals surface area contributed by atoms with Crippen molar-refractivity contribution in [3.05, 3.63) is 42.1 Å². The second-order valence-corrected chi connectivity index (χ2v) is 7.40. The van der Waals surface area contributed by atoms with E-state index in [1.165, 1.54) is 38.4 Å². The molecule has 0 saturated heterocycles. The summed E-state index contributed by atoms with van der Waals surface area (Å²) in [5, 5.41) is 36.1. The van der Waals surface area contributed by atoms with Gasteiger partial charge in [0.05, 0.1) is 19.8 Å². The zero-order chi connectivity index (χ0) is 27.8. The Balaban J connectivity index is -0.000000795. The standard InChI is InChI=1S/C20H18NO4.4CHNS.Cr.2H3N/c1-22-17-7-13-5-16-15-9-20-19(24-11-25-20)6-12(15)3-4-21(16)10-14(13)8-18(17)23-2;4*2-1-3;;;/h5-10H,3-4,11H2,1-2H3;4*3H;;2*1H3/q+1;;;;;+3;;/p-4. The molecule has 5 rings (SSSR count). The molecule has 2 aromatic carbocycles. The van der Waals surface area contributed by atoms with Crippen molar-refractivity contribution in [1.29, 1.82) is 21.0 Å². The quantitative estimate of drug-likeness (QED) is 0.231. The van der Waals surface area contributed by atoms with E-state index in [2.05, 4.69) is 79.5 Å². The fourth-order valence-electron chi connectivity index (χ4n) is 3.70. The molecule has 0 bridgehead atoms. The molecule has 16 heteroatoms. The van der Waals surface area contributed by atoms with Crippen molar-refractivity contribution in [2.75, 3.05) is 21.0 Å². The Morgan fingerprint density at radius 2 is 1.20 bits per heavy atom. The maximum atomic E-state index is 7.13. The largest absolute Gasteiger partial charge is 3.00 e. The first kappa shape index (κ1) is 40.8. The van der Waals surface area contributed by atoms with Gasteiger partial charge in [-0.15, -0.1) is 0 Å². The zero-order valence-electron chi connectivity index (χ0n) is 21.4. The minimum absolute atomic E-state index is 0. The molecule has 0 aliphatic carbocycles. The number of fused-ring (bicyclic) bond motifs is 5. The van der Waals surface area contributed by atoms with E-state index < -0.39 is 0 Å². The predicted octanol–water partition coefficient (Wildman–Crippen LogP) is 3.48. The summed E-state index contributed by atoms with van der Waals surface area (Å²) in [6.07, 6.45) is 3.16. The number of rotatable bonds is 2. The molecule has 2 aliphatic heterocycles. The van der Waals surface area contributed by atoms with Gasteiger partial charge in [-0.25, -0.2) is 21.0 Å². The van der Waals surface area contributed by atoms with Crippen molar-refractivity contribution in [1.82, 2.24) is 12.3 Å². The second-order valence-electron chi connectivity index (χ2n) is 6.67. The second kappa shape index (κ2) is 22.2. The number of nitrogens with zero attached hydrogens (tertiary/aromatic N) is 5. The molecule has 3 aromatic rings. The van der Waals surface area contributed by atoms with E-state index in [-0.39, 0.29) is 29.7 Å². The number of nitriles is 4. The number of thiocyanates is 4. The normalized spacial score (nSPS) is 9.55. The van der Waals surface area contributed by atoms with Crippen LogP contribution in [0.5, 0.6) is 23.0 Å². The van der Waals surface area contributed by atoms with E-state index in [9.17, 15) is 0 Å². The van der Waals surface area contributed by atoms with Gasteiger partial charge in [0.25, 0.3) is 0 Å². The average molecular weight is 655 g/mol. The Morgan fingerprint density at radius 1 is 0.750 bits per heavy atom. The molecule has 0 unspecified atom stereocenters. The molecule has 40 heavy (non-hydrogen) atoms. The third-order valence-electron chi connectivity index (χ3n) is 4.98. The molecular weight excluding hydrogens is 631 g/mol. The van der Waals surface area contributed by atoms with Crippen molar-refractivity contribution in [2.24, 2.45) is 0 Å². The van der Waals surface area contributed by atoms with Gasteiger partial charge >= 0.3 is 17.4 Å². The first-order valence-corrected chi connectivity index (χ1v) is 11.6. The third kappa shape index (κ3) is 10.8. The summed E-state index contributed by atoms with van der Waals surface area (Å²) in [6.45, 7) is 1.24. The number of aromatic nitrogens is 1. The summed E-state index contributed by atoms with van der Waals surface area (Å²) < 4.78 is 24.3. The van der Waals surface area contributed by atoms with Crippen LogP contribution in [-0.4, -0.2) is 21.0 Å². The van der Waals surface area contributed by atoms with Crippen molar-refractivity contribution in [2.45, 2.75) is 13.0 Å². The van der Waals surface area contributed by atoms with Gasteiger partial charge in [0.2, 0.25) is 12.5 Å². The smallest absolute Gasteiger partial charge is 0.696 e. The topological polar surface area (TPSA) is 206 Å². The summed E-state index contributed by atoms with van der Waals surface area (Å²) in [5.74, 6) is 3.15. The maximum Gasteiger partial charge on any atom is 3.00 e. The molecule has 0 saturated carbocycles. The van der Waals surface area contributed by atoms with E-state index in [0.29, 0.717) is 6.79 Å². The molecule has 1 radical (unpaired) electrons. The van der Waals surface area contributed by atoms with Gasteiger partial charge in [-0.05, 0) is 35.2 Å². The Labute approximate surface area is 266 Å². The number of benzene rings is 2. The molecule has 6 N–H and O–H groups in total. The molecule has 0 amide bonds. The van der Waals surface area contributed by atoms with E-state index in [0.717, 1.165) is 46.7 Å². The number of pyridine rings is 1. The van der Waals surface area contributed by atoms with Crippen molar-refractivity contribution in [3.8, 4) is 55.9 Å². The number of ether oxygens (including phenoxy) is 4. The van der Waals surface area contributed by atoms with E-state index in [4.69, 9.17) is 40.0 Å². The van der Waals surface area contributed by atoms with Crippen LogP contribution < -0.4 is 35.8 Å². The summed E-state index contributed by atoms with van der Waals surface area (Å²) in [6, 6.07) is 10.5. The van der Waals surface area contributed by atoms with Crippen LogP contribution in [0.25, 0.3) is 22.0 Å².